The summed E-state index contributed by atoms with van der Waals surface area (Å²) >= 11 is 0. The number of halogens is 1. The first-order valence-electron chi connectivity index (χ1n) is 7.75. The van der Waals surface area contributed by atoms with Crippen LogP contribution >= 0.6 is 0 Å². The minimum atomic E-state index is -0.118. The number of hydrogen-bond donors (Lipinski definition) is 1. The summed E-state index contributed by atoms with van der Waals surface area (Å²) in [4.78, 5) is 0. The molecule has 0 aromatic heterocycles. The highest BCUT2D eigenvalue weighted by Gasteiger charge is 2.20. The van der Waals surface area contributed by atoms with E-state index < -0.39 is 0 Å². The van der Waals surface area contributed by atoms with Crippen molar-refractivity contribution in [1.82, 2.24) is 5.32 Å². The van der Waals surface area contributed by atoms with Crippen LogP contribution in [0.15, 0.2) is 24.3 Å². The lowest BCUT2D eigenvalue weighted by molar-refractivity contribution is 0.384. The summed E-state index contributed by atoms with van der Waals surface area (Å²) in [6.07, 6.45) is 8.91. The van der Waals surface area contributed by atoms with Crippen molar-refractivity contribution in [3.63, 3.8) is 0 Å². The molecule has 1 aliphatic rings. The predicted octanol–water partition coefficient (Wildman–Crippen LogP) is 4.32. The smallest absolute Gasteiger partial charge is 0.123 e. The van der Waals surface area contributed by atoms with E-state index in [0.717, 1.165) is 30.9 Å². The van der Waals surface area contributed by atoms with Crippen molar-refractivity contribution >= 4 is 0 Å². The van der Waals surface area contributed by atoms with Gasteiger partial charge in [-0.2, -0.15) is 0 Å². The lowest BCUT2D eigenvalue weighted by Crippen LogP contribution is -2.33. The van der Waals surface area contributed by atoms with E-state index in [0.29, 0.717) is 6.04 Å². The standard InChI is InChI=1S/C17H26FN/c1-2-10-19-17(12-14-6-3-4-7-14)13-15-8-5-9-16(18)11-15/h5,8-9,11,14,17,19H,2-4,6-7,10,12-13H2,1H3. The highest BCUT2D eigenvalue weighted by Crippen LogP contribution is 2.29. The lowest BCUT2D eigenvalue weighted by Gasteiger charge is -2.22. The first-order chi connectivity index (χ1) is 9.28. The Labute approximate surface area is 116 Å². The van der Waals surface area contributed by atoms with Crippen molar-refractivity contribution in [3.05, 3.63) is 35.6 Å². The third-order valence-electron chi connectivity index (χ3n) is 4.15. The van der Waals surface area contributed by atoms with E-state index in [-0.39, 0.29) is 5.82 Å². The Morgan fingerprint density at radius 2 is 2.11 bits per heavy atom. The molecular formula is C17H26FN. The van der Waals surface area contributed by atoms with Gasteiger partial charge >= 0.3 is 0 Å². The highest BCUT2D eigenvalue weighted by molar-refractivity contribution is 5.17. The van der Waals surface area contributed by atoms with Crippen LogP contribution in [0.4, 0.5) is 4.39 Å². The van der Waals surface area contributed by atoms with Crippen LogP contribution in [-0.2, 0) is 6.42 Å². The van der Waals surface area contributed by atoms with Crippen LogP contribution in [0.3, 0.4) is 0 Å². The first-order valence-corrected chi connectivity index (χ1v) is 7.75. The molecule has 2 heteroatoms. The predicted molar refractivity (Wildman–Crippen MR) is 78.8 cm³/mol. The van der Waals surface area contributed by atoms with Crippen LogP contribution < -0.4 is 5.32 Å². The second-order valence-corrected chi connectivity index (χ2v) is 5.87. The van der Waals surface area contributed by atoms with Gasteiger partial charge in [0.1, 0.15) is 5.82 Å². The summed E-state index contributed by atoms with van der Waals surface area (Å²) in [5.74, 6) is 0.760. The van der Waals surface area contributed by atoms with Gasteiger partial charge in [0.25, 0.3) is 0 Å². The largest absolute Gasteiger partial charge is 0.314 e. The highest BCUT2D eigenvalue weighted by atomic mass is 19.1. The van der Waals surface area contributed by atoms with Crippen molar-refractivity contribution in [3.8, 4) is 0 Å². The van der Waals surface area contributed by atoms with E-state index in [1.165, 1.54) is 38.2 Å². The zero-order chi connectivity index (χ0) is 13.5. The summed E-state index contributed by atoms with van der Waals surface area (Å²) in [6.45, 7) is 3.26. The maximum atomic E-state index is 13.3. The molecule has 0 bridgehead atoms. The Bertz CT molecular complexity index is 371. The number of rotatable bonds is 7. The van der Waals surface area contributed by atoms with Crippen molar-refractivity contribution in [2.75, 3.05) is 6.54 Å². The van der Waals surface area contributed by atoms with Crippen LogP contribution in [0, 0.1) is 11.7 Å². The van der Waals surface area contributed by atoms with Crippen LogP contribution in [-0.4, -0.2) is 12.6 Å². The molecule has 0 aliphatic heterocycles. The van der Waals surface area contributed by atoms with Crippen molar-refractivity contribution < 1.29 is 4.39 Å². The summed E-state index contributed by atoms with van der Waals surface area (Å²) in [6, 6.07) is 7.56. The zero-order valence-electron chi connectivity index (χ0n) is 12.0. The van der Waals surface area contributed by atoms with Gasteiger partial charge in [-0.15, -0.1) is 0 Å². The van der Waals surface area contributed by atoms with Crippen LogP contribution in [0.25, 0.3) is 0 Å². The Hall–Kier alpha value is -0.890. The van der Waals surface area contributed by atoms with Gasteiger partial charge in [-0.1, -0.05) is 44.7 Å². The van der Waals surface area contributed by atoms with Crippen molar-refractivity contribution in [2.24, 2.45) is 5.92 Å². The molecule has 1 aromatic rings. The SMILES string of the molecule is CCCNC(Cc1cccc(F)c1)CC1CCCC1. The van der Waals surface area contributed by atoms with Crippen LogP contribution in [0.1, 0.15) is 51.0 Å². The zero-order valence-corrected chi connectivity index (χ0v) is 12.0. The van der Waals surface area contributed by atoms with Crippen molar-refractivity contribution in [1.29, 1.82) is 0 Å². The number of hydrogen-bond acceptors (Lipinski definition) is 1. The molecule has 106 valence electrons. The Morgan fingerprint density at radius 1 is 1.32 bits per heavy atom. The molecule has 1 N–H and O–H groups in total. The fourth-order valence-electron chi connectivity index (χ4n) is 3.18. The van der Waals surface area contributed by atoms with E-state index in [2.05, 4.69) is 12.2 Å². The van der Waals surface area contributed by atoms with Gasteiger partial charge in [-0.25, -0.2) is 4.39 Å². The van der Waals surface area contributed by atoms with Gasteiger partial charge in [0.05, 0.1) is 0 Å². The van der Waals surface area contributed by atoms with E-state index in [1.54, 1.807) is 6.07 Å². The molecular weight excluding hydrogens is 237 g/mol. The van der Waals surface area contributed by atoms with Crippen LogP contribution in [0.2, 0.25) is 0 Å². The molecule has 0 heterocycles. The van der Waals surface area contributed by atoms with Gasteiger partial charge in [0.2, 0.25) is 0 Å². The lowest BCUT2D eigenvalue weighted by atomic mass is 9.94. The molecule has 1 aromatic carbocycles. The summed E-state index contributed by atoms with van der Waals surface area (Å²) in [5.41, 5.74) is 1.12. The number of benzene rings is 1. The molecule has 1 aliphatic carbocycles. The normalized spacial score (nSPS) is 17.8. The van der Waals surface area contributed by atoms with Gasteiger partial charge in [-0.05, 0) is 49.4 Å². The molecule has 2 rings (SSSR count). The quantitative estimate of drug-likeness (QED) is 0.772. The maximum Gasteiger partial charge on any atom is 0.123 e. The molecule has 0 spiro atoms. The molecule has 1 unspecified atom stereocenters. The topological polar surface area (TPSA) is 12.0 Å². The monoisotopic (exact) mass is 263 g/mol. The molecule has 19 heavy (non-hydrogen) atoms. The summed E-state index contributed by atoms with van der Waals surface area (Å²) in [7, 11) is 0. The minimum Gasteiger partial charge on any atom is -0.314 e. The van der Waals surface area contributed by atoms with E-state index in [9.17, 15) is 4.39 Å². The van der Waals surface area contributed by atoms with Gasteiger partial charge < -0.3 is 5.32 Å². The summed E-state index contributed by atoms with van der Waals surface area (Å²) in [5, 5.41) is 3.64. The van der Waals surface area contributed by atoms with E-state index in [4.69, 9.17) is 0 Å². The Morgan fingerprint density at radius 3 is 2.79 bits per heavy atom. The molecule has 1 atom stereocenters. The molecule has 0 amide bonds. The second kappa shape index (κ2) is 7.64. The molecule has 0 saturated heterocycles. The fourth-order valence-corrected chi connectivity index (χ4v) is 3.18. The third kappa shape index (κ3) is 4.94. The number of nitrogens with one attached hydrogen (secondary N) is 1. The maximum absolute atomic E-state index is 13.3. The fraction of sp³-hybridized carbons (Fsp3) is 0.647. The molecule has 1 fully saturated rings. The molecule has 1 saturated carbocycles. The average molecular weight is 263 g/mol. The van der Waals surface area contributed by atoms with E-state index >= 15 is 0 Å². The molecule has 1 nitrogen and oxygen atoms in total. The third-order valence-corrected chi connectivity index (χ3v) is 4.15. The van der Waals surface area contributed by atoms with Crippen LogP contribution in [0.5, 0.6) is 0 Å². The Balaban J connectivity index is 1.92. The Kier molecular flexibility index (Phi) is 5.84. The van der Waals surface area contributed by atoms with Gasteiger partial charge in [0.15, 0.2) is 0 Å². The minimum absolute atomic E-state index is 0.118. The van der Waals surface area contributed by atoms with Gasteiger partial charge in [0, 0.05) is 6.04 Å². The van der Waals surface area contributed by atoms with Crippen molar-refractivity contribution in [2.45, 2.75) is 57.9 Å². The first kappa shape index (κ1) is 14.5. The average Bonchev–Trinajstić information content (AvgIpc) is 2.89. The second-order valence-electron chi connectivity index (χ2n) is 5.87. The molecule has 0 radical (unpaired) electrons. The van der Waals surface area contributed by atoms with E-state index in [1.807, 2.05) is 12.1 Å². The van der Waals surface area contributed by atoms with Gasteiger partial charge in [-0.3, -0.25) is 0 Å². The summed E-state index contributed by atoms with van der Waals surface area (Å²) < 4.78 is 13.3.